The zero-order valence-corrected chi connectivity index (χ0v) is 29.7. The van der Waals surface area contributed by atoms with Crippen LogP contribution in [0.2, 0.25) is 0 Å². The molecule has 0 atom stereocenters. The fraction of sp³-hybridized carbons (Fsp3) is 0. The van der Waals surface area contributed by atoms with Crippen LogP contribution in [0.4, 0.5) is 17.1 Å². The van der Waals surface area contributed by atoms with E-state index in [9.17, 15) is 0 Å². The molecule has 2 nitrogen and oxygen atoms in total. The van der Waals surface area contributed by atoms with Crippen molar-refractivity contribution in [2.24, 2.45) is 0 Å². The lowest BCUT2D eigenvalue weighted by Gasteiger charge is -2.26. The van der Waals surface area contributed by atoms with Crippen molar-refractivity contribution in [2.75, 3.05) is 4.90 Å². The average Bonchev–Trinajstić information content (AvgIpc) is 3.57. The third-order valence-corrected chi connectivity index (χ3v) is 10.6. The van der Waals surface area contributed by atoms with Gasteiger partial charge in [-0.25, -0.2) is 0 Å². The summed E-state index contributed by atoms with van der Waals surface area (Å²) in [5.74, 6) is 0. The molecule has 0 aliphatic heterocycles. The van der Waals surface area contributed by atoms with Crippen molar-refractivity contribution in [3.05, 3.63) is 218 Å². The minimum Gasteiger partial charge on any atom is -0.310 e. The summed E-state index contributed by atoms with van der Waals surface area (Å²) in [6.07, 6.45) is 0. The van der Waals surface area contributed by atoms with Gasteiger partial charge < -0.3 is 9.47 Å². The van der Waals surface area contributed by atoms with E-state index in [-0.39, 0.29) is 0 Å². The summed E-state index contributed by atoms with van der Waals surface area (Å²) >= 11 is 0. The number of benzene rings is 9. The minimum atomic E-state index is 1.09. The Hall–Kier alpha value is -7.16. The van der Waals surface area contributed by atoms with Crippen LogP contribution >= 0.6 is 0 Å². The first-order valence-corrected chi connectivity index (χ1v) is 18.5. The Morgan fingerprint density at radius 1 is 0.278 bits per heavy atom. The monoisotopic (exact) mass is 688 g/mol. The maximum Gasteiger partial charge on any atom is 0.0547 e. The van der Waals surface area contributed by atoms with Crippen LogP contribution in [0.15, 0.2) is 218 Å². The summed E-state index contributed by atoms with van der Waals surface area (Å²) in [6.45, 7) is 0. The van der Waals surface area contributed by atoms with Crippen LogP contribution in [0, 0.1) is 0 Å². The number of hydrogen-bond acceptors (Lipinski definition) is 1. The van der Waals surface area contributed by atoms with Crippen molar-refractivity contribution in [3.63, 3.8) is 0 Å². The molecule has 0 amide bonds. The molecule has 1 heterocycles. The highest BCUT2D eigenvalue weighted by atomic mass is 15.1. The fourth-order valence-electron chi connectivity index (χ4n) is 7.88. The molecule has 2 heteroatoms. The average molecular weight is 689 g/mol. The van der Waals surface area contributed by atoms with Gasteiger partial charge in [0.15, 0.2) is 0 Å². The van der Waals surface area contributed by atoms with E-state index >= 15 is 0 Å². The van der Waals surface area contributed by atoms with Crippen LogP contribution in [-0.2, 0) is 0 Å². The van der Waals surface area contributed by atoms with Gasteiger partial charge in [-0.1, -0.05) is 152 Å². The van der Waals surface area contributed by atoms with Crippen molar-refractivity contribution in [1.29, 1.82) is 0 Å². The van der Waals surface area contributed by atoms with E-state index in [2.05, 4.69) is 228 Å². The number of nitrogens with zero attached hydrogens (tertiary/aromatic N) is 2. The van der Waals surface area contributed by atoms with Gasteiger partial charge in [-0.2, -0.15) is 0 Å². The predicted molar refractivity (Wildman–Crippen MR) is 229 cm³/mol. The Bertz CT molecular complexity index is 2890. The first-order valence-electron chi connectivity index (χ1n) is 18.5. The van der Waals surface area contributed by atoms with Crippen LogP contribution in [0.1, 0.15) is 0 Å². The largest absolute Gasteiger partial charge is 0.310 e. The number of para-hydroxylation sites is 1. The molecule has 0 bridgehead atoms. The van der Waals surface area contributed by atoms with E-state index < -0.39 is 0 Å². The highest BCUT2D eigenvalue weighted by molar-refractivity contribution is 6.13. The van der Waals surface area contributed by atoms with Crippen molar-refractivity contribution in [2.45, 2.75) is 0 Å². The van der Waals surface area contributed by atoms with Gasteiger partial charge >= 0.3 is 0 Å². The molecule has 0 saturated carbocycles. The lowest BCUT2D eigenvalue weighted by molar-refractivity contribution is 1.17. The molecule has 0 saturated heterocycles. The van der Waals surface area contributed by atoms with Gasteiger partial charge in [-0.3, -0.25) is 0 Å². The van der Waals surface area contributed by atoms with E-state index in [4.69, 9.17) is 0 Å². The molecule has 10 aromatic rings. The van der Waals surface area contributed by atoms with Gasteiger partial charge in [0, 0.05) is 33.5 Å². The Labute approximate surface area is 315 Å². The second-order valence-electron chi connectivity index (χ2n) is 13.8. The van der Waals surface area contributed by atoms with Crippen molar-refractivity contribution in [3.8, 4) is 39.1 Å². The topological polar surface area (TPSA) is 8.17 Å². The molecule has 54 heavy (non-hydrogen) atoms. The number of hydrogen-bond donors (Lipinski definition) is 0. The molecule has 0 aliphatic rings. The zero-order valence-electron chi connectivity index (χ0n) is 29.7. The highest BCUT2D eigenvalue weighted by Gasteiger charge is 2.17. The molecule has 9 aromatic carbocycles. The molecule has 0 fully saturated rings. The van der Waals surface area contributed by atoms with E-state index in [1.807, 2.05) is 0 Å². The van der Waals surface area contributed by atoms with Crippen molar-refractivity contribution < 1.29 is 0 Å². The molecular formula is C52H36N2. The van der Waals surface area contributed by atoms with E-state index in [0.717, 1.165) is 22.7 Å². The van der Waals surface area contributed by atoms with Crippen LogP contribution < -0.4 is 4.90 Å². The predicted octanol–water partition coefficient (Wildman–Crippen LogP) is 14.4. The van der Waals surface area contributed by atoms with E-state index in [1.54, 1.807) is 0 Å². The Morgan fingerprint density at radius 3 is 1.41 bits per heavy atom. The standard InChI is InChI=1S/C52H36N2/c1-3-12-37(13-4-1)39-22-24-40(25-23-39)41-26-28-45(29-27-41)53(48-19-11-18-42(34-48)38-14-5-2-6-15-38)46-30-32-47(33-31-46)54-51-21-10-9-20-49(51)50-35-43-16-7-8-17-44(43)36-52(50)54/h1-36H. The molecule has 254 valence electrons. The minimum absolute atomic E-state index is 1.09. The first kappa shape index (κ1) is 31.6. The lowest BCUT2D eigenvalue weighted by Crippen LogP contribution is -2.10. The Balaban J connectivity index is 1.06. The van der Waals surface area contributed by atoms with Crippen molar-refractivity contribution >= 4 is 49.6 Å². The van der Waals surface area contributed by atoms with Gasteiger partial charge in [0.2, 0.25) is 0 Å². The van der Waals surface area contributed by atoms with Crippen LogP contribution in [0.25, 0.3) is 71.6 Å². The molecule has 0 unspecified atom stereocenters. The second-order valence-corrected chi connectivity index (χ2v) is 13.8. The number of fused-ring (bicyclic) bond motifs is 4. The van der Waals surface area contributed by atoms with Crippen molar-refractivity contribution in [1.82, 2.24) is 4.57 Å². The number of rotatable bonds is 7. The molecule has 1 aromatic heterocycles. The normalized spacial score (nSPS) is 11.3. The van der Waals surface area contributed by atoms with E-state index in [1.165, 1.54) is 66.0 Å². The SMILES string of the molecule is c1ccc(-c2ccc(-c3ccc(N(c4ccc(-n5c6ccccc6c6cc7ccccc7cc65)cc4)c4cccc(-c5ccccc5)c4)cc3)cc2)cc1. The summed E-state index contributed by atoms with van der Waals surface area (Å²) in [6, 6.07) is 78.8. The molecule has 0 N–H and O–H groups in total. The summed E-state index contributed by atoms with van der Waals surface area (Å²) in [5.41, 5.74) is 14.1. The highest BCUT2D eigenvalue weighted by Crippen LogP contribution is 2.40. The second kappa shape index (κ2) is 13.4. The van der Waals surface area contributed by atoms with E-state index in [0.29, 0.717) is 0 Å². The molecule has 0 spiro atoms. The van der Waals surface area contributed by atoms with Gasteiger partial charge in [0.25, 0.3) is 0 Å². The summed E-state index contributed by atoms with van der Waals surface area (Å²) in [5, 5.41) is 5.02. The zero-order chi connectivity index (χ0) is 35.8. The van der Waals surface area contributed by atoms with Crippen LogP contribution in [0.5, 0.6) is 0 Å². The van der Waals surface area contributed by atoms with Crippen LogP contribution in [-0.4, -0.2) is 4.57 Å². The van der Waals surface area contributed by atoms with Gasteiger partial charge in [-0.05, 0) is 111 Å². The summed E-state index contributed by atoms with van der Waals surface area (Å²) in [7, 11) is 0. The first-order chi connectivity index (χ1) is 26.8. The maximum atomic E-state index is 2.40. The third kappa shape index (κ3) is 5.71. The smallest absolute Gasteiger partial charge is 0.0547 e. The van der Waals surface area contributed by atoms with Gasteiger partial charge in [-0.15, -0.1) is 0 Å². The fourth-order valence-corrected chi connectivity index (χ4v) is 7.88. The quantitative estimate of drug-likeness (QED) is 0.162. The third-order valence-electron chi connectivity index (χ3n) is 10.6. The molecule has 10 rings (SSSR count). The molecule has 0 aliphatic carbocycles. The lowest BCUT2D eigenvalue weighted by atomic mass is 10.00. The number of aromatic nitrogens is 1. The maximum absolute atomic E-state index is 2.40. The van der Waals surface area contributed by atoms with Crippen LogP contribution in [0.3, 0.4) is 0 Å². The molecule has 0 radical (unpaired) electrons. The summed E-state index contributed by atoms with van der Waals surface area (Å²) < 4.78 is 2.40. The van der Waals surface area contributed by atoms with Gasteiger partial charge in [0.05, 0.1) is 11.0 Å². The Kier molecular flexibility index (Phi) is 7.85. The van der Waals surface area contributed by atoms with Gasteiger partial charge in [0.1, 0.15) is 0 Å². The molecular weight excluding hydrogens is 653 g/mol. The number of anilines is 3. The summed E-state index contributed by atoms with van der Waals surface area (Å²) in [4.78, 5) is 2.36. The Morgan fingerprint density at radius 2 is 0.759 bits per heavy atom.